The third-order valence-corrected chi connectivity index (χ3v) is 4.82. The van der Waals surface area contributed by atoms with Gasteiger partial charge >= 0.3 is 0 Å². The van der Waals surface area contributed by atoms with E-state index in [-0.39, 0.29) is 5.91 Å². The summed E-state index contributed by atoms with van der Waals surface area (Å²) in [6.07, 6.45) is 2.45. The number of benzene rings is 1. The zero-order valence-electron chi connectivity index (χ0n) is 13.7. The smallest absolute Gasteiger partial charge is 0.273 e. The number of carbonyl (C=O) groups excluding carboxylic acids is 1. The van der Waals surface area contributed by atoms with Crippen molar-refractivity contribution in [2.24, 2.45) is 7.05 Å². The molecule has 1 aromatic heterocycles. The molecule has 23 heavy (non-hydrogen) atoms. The van der Waals surface area contributed by atoms with Crippen LogP contribution in [0.1, 0.15) is 21.6 Å². The van der Waals surface area contributed by atoms with E-state index in [4.69, 9.17) is 11.6 Å². The topological polar surface area (TPSA) is 41.4 Å². The monoisotopic (exact) mass is 332 g/mol. The lowest BCUT2D eigenvalue weighted by atomic mass is 9.94. The summed E-state index contributed by atoms with van der Waals surface area (Å²) in [5.41, 5.74) is 3.18. The van der Waals surface area contributed by atoms with Crippen LogP contribution >= 0.6 is 11.6 Å². The van der Waals surface area contributed by atoms with Gasteiger partial charge in [-0.15, -0.1) is 0 Å². The fourth-order valence-electron chi connectivity index (χ4n) is 3.15. The molecule has 0 aliphatic carbocycles. The lowest BCUT2D eigenvalue weighted by molar-refractivity contribution is 0.0723. The zero-order chi connectivity index (χ0) is 16.6. The van der Waals surface area contributed by atoms with Crippen molar-refractivity contribution >= 4 is 17.5 Å². The molecule has 1 aromatic carbocycles. The average Bonchev–Trinajstić information content (AvgIpc) is 2.86. The van der Waals surface area contributed by atoms with Crippen LogP contribution in [0.3, 0.4) is 0 Å². The van der Waals surface area contributed by atoms with Crippen LogP contribution in [0.4, 0.5) is 0 Å². The highest BCUT2D eigenvalue weighted by atomic mass is 35.5. The number of hydrogen-bond donors (Lipinski definition) is 0. The molecule has 0 fully saturated rings. The van der Waals surface area contributed by atoms with Crippen molar-refractivity contribution in [3.8, 4) is 0 Å². The van der Waals surface area contributed by atoms with Gasteiger partial charge in [-0.2, -0.15) is 5.10 Å². The van der Waals surface area contributed by atoms with Crippen molar-refractivity contribution in [1.82, 2.24) is 19.6 Å². The van der Waals surface area contributed by atoms with Gasteiger partial charge < -0.3 is 4.90 Å². The Labute approximate surface area is 141 Å². The van der Waals surface area contributed by atoms with Crippen molar-refractivity contribution in [3.63, 3.8) is 0 Å². The van der Waals surface area contributed by atoms with Crippen molar-refractivity contribution in [2.75, 3.05) is 20.6 Å². The second kappa shape index (κ2) is 6.34. The van der Waals surface area contributed by atoms with Crippen LogP contribution in [0.5, 0.6) is 0 Å². The number of aryl methyl sites for hydroxylation is 1. The van der Waals surface area contributed by atoms with Gasteiger partial charge in [0.05, 0.1) is 11.2 Å². The number of aromatic nitrogens is 2. The van der Waals surface area contributed by atoms with Gasteiger partial charge in [0, 0.05) is 33.2 Å². The quantitative estimate of drug-likeness (QED) is 0.865. The summed E-state index contributed by atoms with van der Waals surface area (Å²) in [7, 11) is 5.66. The Morgan fingerprint density at radius 1 is 1.35 bits per heavy atom. The maximum atomic E-state index is 12.6. The van der Waals surface area contributed by atoms with Crippen LogP contribution in [0, 0.1) is 0 Å². The highest BCUT2D eigenvalue weighted by molar-refractivity contribution is 6.33. The molecule has 1 atom stereocenters. The van der Waals surface area contributed by atoms with E-state index in [2.05, 4.69) is 41.3 Å². The summed E-state index contributed by atoms with van der Waals surface area (Å²) >= 11 is 6.08. The standard InChI is InChI=1S/C17H21ClN4O/c1-20-10-13-7-5-4-6-12(13)8-14(20)11-21(2)17(23)16-15(18)9-19-22(16)3/h4-7,9,14H,8,10-11H2,1-3H3/t14-/m1/s1. The van der Waals surface area contributed by atoms with Crippen LogP contribution in [0.2, 0.25) is 5.02 Å². The number of halogens is 1. The molecule has 0 radical (unpaired) electrons. The van der Waals surface area contributed by atoms with E-state index in [1.54, 1.807) is 11.9 Å². The van der Waals surface area contributed by atoms with E-state index < -0.39 is 0 Å². The maximum absolute atomic E-state index is 12.6. The second-order valence-corrected chi connectivity index (χ2v) is 6.60. The van der Waals surface area contributed by atoms with Gasteiger partial charge in [0.15, 0.2) is 0 Å². The van der Waals surface area contributed by atoms with Gasteiger partial charge in [-0.3, -0.25) is 14.4 Å². The first-order valence-corrected chi connectivity index (χ1v) is 8.05. The molecule has 0 saturated carbocycles. The minimum absolute atomic E-state index is 0.0951. The minimum atomic E-state index is -0.0951. The lowest BCUT2D eigenvalue weighted by Gasteiger charge is -2.36. The zero-order valence-corrected chi connectivity index (χ0v) is 14.4. The summed E-state index contributed by atoms with van der Waals surface area (Å²) in [5, 5.41) is 4.43. The van der Waals surface area contributed by atoms with E-state index in [1.807, 2.05) is 7.05 Å². The van der Waals surface area contributed by atoms with Gasteiger partial charge in [0.1, 0.15) is 5.69 Å². The lowest BCUT2D eigenvalue weighted by Crippen LogP contribution is -2.46. The summed E-state index contributed by atoms with van der Waals surface area (Å²) in [6, 6.07) is 8.80. The normalized spacial score (nSPS) is 17.8. The molecule has 0 unspecified atom stereocenters. The SMILES string of the molecule is CN(C[C@H]1Cc2ccccc2CN1C)C(=O)c1c(Cl)cnn1C. The highest BCUT2D eigenvalue weighted by Gasteiger charge is 2.27. The number of fused-ring (bicyclic) bond motifs is 1. The largest absolute Gasteiger partial charge is 0.339 e. The molecule has 0 saturated heterocycles. The fraction of sp³-hybridized carbons (Fsp3) is 0.412. The Morgan fingerprint density at radius 3 is 2.70 bits per heavy atom. The Hall–Kier alpha value is -1.85. The third-order valence-electron chi connectivity index (χ3n) is 4.55. The van der Waals surface area contributed by atoms with Crippen molar-refractivity contribution in [2.45, 2.75) is 19.0 Å². The molecule has 1 aliphatic heterocycles. The minimum Gasteiger partial charge on any atom is -0.339 e. The van der Waals surface area contributed by atoms with Gasteiger partial charge in [0.25, 0.3) is 5.91 Å². The molecule has 0 spiro atoms. The molecular weight excluding hydrogens is 312 g/mol. The first-order valence-electron chi connectivity index (χ1n) is 7.67. The maximum Gasteiger partial charge on any atom is 0.273 e. The molecule has 3 rings (SSSR count). The summed E-state index contributed by atoms with van der Waals surface area (Å²) < 4.78 is 1.53. The molecular formula is C17H21ClN4O. The number of hydrogen-bond acceptors (Lipinski definition) is 3. The first kappa shape index (κ1) is 16.0. The van der Waals surface area contributed by atoms with Crippen LogP contribution in [-0.4, -0.2) is 52.2 Å². The summed E-state index contributed by atoms with van der Waals surface area (Å²) in [4.78, 5) is 16.7. The fourth-order valence-corrected chi connectivity index (χ4v) is 3.40. The van der Waals surface area contributed by atoms with E-state index in [1.165, 1.54) is 22.0 Å². The van der Waals surface area contributed by atoms with Crippen LogP contribution in [0.25, 0.3) is 0 Å². The molecule has 5 nitrogen and oxygen atoms in total. The summed E-state index contributed by atoms with van der Waals surface area (Å²) in [5.74, 6) is -0.0951. The predicted molar refractivity (Wildman–Crippen MR) is 90.6 cm³/mol. The van der Waals surface area contributed by atoms with Crippen LogP contribution in [0.15, 0.2) is 30.5 Å². The highest BCUT2D eigenvalue weighted by Crippen LogP contribution is 2.23. The van der Waals surface area contributed by atoms with Crippen LogP contribution < -0.4 is 0 Å². The van der Waals surface area contributed by atoms with Gasteiger partial charge in [-0.25, -0.2) is 0 Å². The number of amides is 1. The van der Waals surface area contributed by atoms with Crippen molar-refractivity contribution < 1.29 is 4.79 Å². The van der Waals surface area contributed by atoms with E-state index in [9.17, 15) is 4.79 Å². The Balaban J connectivity index is 1.73. The van der Waals surface area contributed by atoms with E-state index in [0.29, 0.717) is 23.3 Å². The number of likely N-dealkylation sites (N-methyl/N-ethyl adjacent to an activating group) is 2. The Bertz CT molecular complexity index is 708. The predicted octanol–water partition coefficient (Wildman–Crippen LogP) is 2.20. The van der Waals surface area contributed by atoms with Crippen LogP contribution in [-0.2, 0) is 20.0 Å². The van der Waals surface area contributed by atoms with Crippen molar-refractivity contribution in [1.29, 1.82) is 0 Å². The molecule has 2 aromatic rings. The Kier molecular flexibility index (Phi) is 4.41. The first-order chi connectivity index (χ1) is 11.0. The second-order valence-electron chi connectivity index (χ2n) is 6.19. The molecule has 1 amide bonds. The number of rotatable bonds is 3. The summed E-state index contributed by atoms with van der Waals surface area (Å²) in [6.45, 7) is 1.57. The number of carbonyl (C=O) groups is 1. The van der Waals surface area contributed by atoms with Gasteiger partial charge in [-0.05, 0) is 24.6 Å². The number of nitrogens with zero attached hydrogens (tertiary/aromatic N) is 4. The molecule has 122 valence electrons. The van der Waals surface area contributed by atoms with E-state index in [0.717, 1.165) is 13.0 Å². The van der Waals surface area contributed by atoms with Gasteiger partial charge in [-0.1, -0.05) is 35.9 Å². The average molecular weight is 333 g/mol. The van der Waals surface area contributed by atoms with Crippen molar-refractivity contribution in [3.05, 3.63) is 52.3 Å². The molecule has 1 aliphatic rings. The molecule has 2 heterocycles. The molecule has 0 N–H and O–H groups in total. The third kappa shape index (κ3) is 3.12. The molecule has 0 bridgehead atoms. The molecule has 6 heteroatoms. The van der Waals surface area contributed by atoms with E-state index >= 15 is 0 Å². The van der Waals surface area contributed by atoms with Gasteiger partial charge in [0.2, 0.25) is 0 Å². The Morgan fingerprint density at radius 2 is 2.04 bits per heavy atom.